The molecule has 0 saturated heterocycles. The fourth-order valence-corrected chi connectivity index (χ4v) is 1.63. The Morgan fingerprint density at radius 2 is 2.15 bits per heavy atom. The number of aromatic amines is 1. The number of aromatic nitrogens is 1. The molecule has 2 heteroatoms. The lowest BCUT2D eigenvalue weighted by Crippen LogP contribution is -2.11. The molecule has 1 aromatic rings. The first-order chi connectivity index (χ1) is 6.07. The van der Waals surface area contributed by atoms with E-state index in [4.69, 9.17) is 4.74 Å². The van der Waals surface area contributed by atoms with Gasteiger partial charge in [0, 0.05) is 17.2 Å². The number of ether oxygens (including phenoxy) is 1. The number of hydrogen-bond acceptors (Lipinski definition) is 1. The normalized spacial score (nSPS) is 16.5. The quantitative estimate of drug-likeness (QED) is 0.650. The summed E-state index contributed by atoms with van der Waals surface area (Å²) >= 11 is 0. The number of fused-ring (bicyclic) bond motifs is 1. The summed E-state index contributed by atoms with van der Waals surface area (Å²) in [5, 5.41) is 0. The molecule has 2 heterocycles. The Labute approximate surface area is 79.3 Å². The number of hydrogen-bond donors (Lipinski definition) is 1. The Hall–Kier alpha value is -0.920. The second kappa shape index (κ2) is 2.79. The molecule has 0 amide bonds. The highest BCUT2D eigenvalue weighted by atomic mass is 16.5. The van der Waals surface area contributed by atoms with Crippen LogP contribution >= 0.6 is 0 Å². The van der Waals surface area contributed by atoms with E-state index < -0.39 is 0 Å². The highest BCUT2D eigenvalue weighted by Gasteiger charge is 2.20. The Bertz CT molecular complexity index is 283. The molecular formula is C11H17NO. The molecule has 0 atom stereocenters. The van der Waals surface area contributed by atoms with Crippen LogP contribution in [0.5, 0.6) is 5.75 Å². The van der Waals surface area contributed by atoms with Crippen LogP contribution < -0.4 is 4.74 Å². The molecule has 0 aliphatic carbocycles. The first-order valence-electron chi connectivity index (χ1n) is 4.92. The molecule has 2 nitrogen and oxygen atoms in total. The summed E-state index contributed by atoms with van der Waals surface area (Å²) in [6.07, 6.45) is 2.27. The van der Waals surface area contributed by atoms with Crippen LogP contribution in [-0.2, 0) is 11.8 Å². The van der Waals surface area contributed by atoms with Crippen LogP contribution in [0.1, 0.15) is 38.6 Å². The first-order valence-corrected chi connectivity index (χ1v) is 4.92. The average molecular weight is 179 g/mol. The van der Waals surface area contributed by atoms with Crippen LogP contribution in [0.4, 0.5) is 0 Å². The summed E-state index contributed by atoms with van der Waals surface area (Å²) in [6, 6.07) is 2.15. The zero-order valence-electron chi connectivity index (χ0n) is 8.61. The molecule has 2 rings (SSSR count). The standard InChI is InChI=1S/C11H17NO/c1-11(2,3)10-7-9-8(12-10)5-4-6-13-9/h7,12H,4-6H2,1-3H3. The van der Waals surface area contributed by atoms with Crippen LogP contribution in [0.2, 0.25) is 0 Å². The maximum atomic E-state index is 5.57. The lowest BCUT2D eigenvalue weighted by molar-refractivity contribution is 0.288. The largest absolute Gasteiger partial charge is 0.492 e. The van der Waals surface area contributed by atoms with Gasteiger partial charge < -0.3 is 9.72 Å². The third-order valence-electron chi connectivity index (χ3n) is 2.50. The number of aryl methyl sites for hydroxylation is 1. The Kier molecular flexibility index (Phi) is 1.86. The SMILES string of the molecule is CC(C)(C)c1cc2c([nH]1)CCCO2. The van der Waals surface area contributed by atoms with Crippen molar-refractivity contribution < 1.29 is 4.74 Å². The molecular weight excluding hydrogens is 162 g/mol. The van der Waals surface area contributed by atoms with Crippen molar-refractivity contribution in [1.82, 2.24) is 4.98 Å². The summed E-state index contributed by atoms with van der Waals surface area (Å²) in [6.45, 7) is 7.51. The van der Waals surface area contributed by atoms with Crippen molar-refractivity contribution in [2.45, 2.75) is 39.0 Å². The fourth-order valence-electron chi connectivity index (χ4n) is 1.63. The maximum Gasteiger partial charge on any atom is 0.140 e. The summed E-state index contributed by atoms with van der Waals surface area (Å²) in [4.78, 5) is 3.45. The zero-order valence-corrected chi connectivity index (χ0v) is 8.61. The van der Waals surface area contributed by atoms with Crippen molar-refractivity contribution in [2.75, 3.05) is 6.61 Å². The average Bonchev–Trinajstić information content (AvgIpc) is 2.45. The number of nitrogens with one attached hydrogen (secondary N) is 1. The molecule has 13 heavy (non-hydrogen) atoms. The Morgan fingerprint density at radius 1 is 1.38 bits per heavy atom. The monoisotopic (exact) mass is 179 g/mol. The smallest absolute Gasteiger partial charge is 0.140 e. The number of rotatable bonds is 0. The topological polar surface area (TPSA) is 25.0 Å². The lowest BCUT2D eigenvalue weighted by atomic mass is 9.93. The highest BCUT2D eigenvalue weighted by Crippen LogP contribution is 2.31. The minimum Gasteiger partial charge on any atom is -0.492 e. The fraction of sp³-hybridized carbons (Fsp3) is 0.636. The molecule has 0 saturated carbocycles. The predicted molar refractivity (Wildman–Crippen MR) is 53.3 cm³/mol. The third kappa shape index (κ3) is 1.58. The van der Waals surface area contributed by atoms with Crippen LogP contribution in [0.3, 0.4) is 0 Å². The van der Waals surface area contributed by atoms with Gasteiger partial charge in [-0.3, -0.25) is 0 Å². The van der Waals surface area contributed by atoms with Crippen LogP contribution in [0, 0.1) is 0 Å². The van der Waals surface area contributed by atoms with Crippen molar-refractivity contribution in [2.24, 2.45) is 0 Å². The van der Waals surface area contributed by atoms with Gasteiger partial charge in [-0.25, -0.2) is 0 Å². The minimum absolute atomic E-state index is 0.195. The molecule has 1 aliphatic heterocycles. The van der Waals surface area contributed by atoms with E-state index in [2.05, 4.69) is 31.8 Å². The van der Waals surface area contributed by atoms with Crippen molar-refractivity contribution in [3.05, 3.63) is 17.5 Å². The van der Waals surface area contributed by atoms with Gasteiger partial charge in [-0.05, 0) is 12.8 Å². The molecule has 0 aromatic carbocycles. The van der Waals surface area contributed by atoms with E-state index in [-0.39, 0.29) is 5.41 Å². The van der Waals surface area contributed by atoms with Gasteiger partial charge in [0.05, 0.1) is 12.3 Å². The van der Waals surface area contributed by atoms with Crippen molar-refractivity contribution in [3.8, 4) is 5.75 Å². The van der Waals surface area contributed by atoms with Gasteiger partial charge in [-0.1, -0.05) is 20.8 Å². The van der Waals surface area contributed by atoms with E-state index in [9.17, 15) is 0 Å². The van der Waals surface area contributed by atoms with Crippen molar-refractivity contribution in [1.29, 1.82) is 0 Å². The second-order valence-electron chi connectivity index (χ2n) is 4.73. The van der Waals surface area contributed by atoms with Crippen molar-refractivity contribution >= 4 is 0 Å². The van der Waals surface area contributed by atoms with Gasteiger partial charge >= 0.3 is 0 Å². The first kappa shape index (κ1) is 8.67. The van der Waals surface area contributed by atoms with E-state index in [1.807, 2.05) is 0 Å². The summed E-state index contributed by atoms with van der Waals surface area (Å²) in [7, 11) is 0. The van der Waals surface area contributed by atoms with E-state index in [1.165, 1.54) is 11.4 Å². The van der Waals surface area contributed by atoms with Gasteiger partial charge in [0.15, 0.2) is 0 Å². The van der Waals surface area contributed by atoms with E-state index in [1.54, 1.807) is 0 Å². The number of H-pyrrole nitrogens is 1. The van der Waals surface area contributed by atoms with Gasteiger partial charge in [-0.15, -0.1) is 0 Å². The zero-order chi connectivity index (χ0) is 9.47. The minimum atomic E-state index is 0.195. The molecule has 0 unspecified atom stereocenters. The summed E-state index contributed by atoms with van der Waals surface area (Å²) in [5.41, 5.74) is 2.75. The van der Waals surface area contributed by atoms with Gasteiger partial charge in [0.2, 0.25) is 0 Å². The molecule has 0 bridgehead atoms. The van der Waals surface area contributed by atoms with Gasteiger partial charge in [-0.2, -0.15) is 0 Å². The second-order valence-corrected chi connectivity index (χ2v) is 4.73. The molecule has 0 radical (unpaired) electrons. The van der Waals surface area contributed by atoms with E-state index in [0.29, 0.717) is 0 Å². The van der Waals surface area contributed by atoms with Crippen LogP contribution in [-0.4, -0.2) is 11.6 Å². The molecule has 1 aromatic heterocycles. The van der Waals surface area contributed by atoms with Crippen LogP contribution in [0.25, 0.3) is 0 Å². The molecule has 1 N–H and O–H groups in total. The third-order valence-corrected chi connectivity index (χ3v) is 2.50. The maximum absolute atomic E-state index is 5.57. The summed E-state index contributed by atoms with van der Waals surface area (Å²) < 4.78 is 5.57. The van der Waals surface area contributed by atoms with Crippen LogP contribution in [0.15, 0.2) is 6.07 Å². The van der Waals surface area contributed by atoms with Gasteiger partial charge in [0.1, 0.15) is 5.75 Å². The van der Waals surface area contributed by atoms with Crippen molar-refractivity contribution in [3.63, 3.8) is 0 Å². The molecule has 72 valence electrons. The van der Waals surface area contributed by atoms with E-state index in [0.717, 1.165) is 25.2 Å². The summed E-state index contributed by atoms with van der Waals surface area (Å²) in [5.74, 6) is 1.07. The highest BCUT2D eigenvalue weighted by molar-refractivity contribution is 5.36. The molecule has 0 fully saturated rings. The molecule has 1 aliphatic rings. The predicted octanol–water partition coefficient (Wildman–Crippen LogP) is 2.64. The Balaban J connectivity index is 2.36. The lowest BCUT2D eigenvalue weighted by Gasteiger charge is -2.15. The molecule has 0 spiro atoms. The van der Waals surface area contributed by atoms with E-state index >= 15 is 0 Å². The Morgan fingerprint density at radius 3 is 2.77 bits per heavy atom. The van der Waals surface area contributed by atoms with Gasteiger partial charge in [0.25, 0.3) is 0 Å².